The highest BCUT2D eigenvalue weighted by Gasteiger charge is 2.21. The van der Waals surface area contributed by atoms with E-state index in [0.717, 1.165) is 36.1 Å². The molecule has 0 spiro atoms. The lowest BCUT2D eigenvalue weighted by Gasteiger charge is -2.29. The number of rotatable bonds is 13. The van der Waals surface area contributed by atoms with Gasteiger partial charge in [0.2, 0.25) is 0 Å². The molecule has 1 aliphatic heterocycles. The first-order valence-electron chi connectivity index (χ1n) is 10.8. The lowest BCUT2D eigenvalue weighted by molar-refractivity contribution is -0.147. The van der Waals surface area contributed by atoms with Crippen molar-refractivity contribution in [3.8, 4) is 0 Å². The number of ether oxygens (including phenoxy) is 2. The zero-order chi connectivity index (χ0) is 20.4. The molecule has 0 aromatic rings. The molecule has 0 aromatic heterocycles. The Morgan fingerprint density at radius 3 is 2.19 bits per heavy atom. The molecule has 7 heteroatoms. The molecule has 4 N–H and O–H groups in total. The van der Waals surface area contributed by atoms with Crippen LogP contribution in [0.25, 0.3) is 0 Å². The van der Waals surface area contributed by atoms with Gasteiger partial charge in [-0.25, -0.2) is 0 Å². The van der Waals surface area contributed by atoms with E-state index in [4.69, 9.17) is 25.4 Å². The number of hydrogen-bond acceptors (Lipinski definition) is 6. The van der Waals surface area contributed by atoms with E-state index < -0.39 is 6.10 Å². The van der Waals surface area contributed by atoms with Gasteiger partial charge in [0.1, 0.15) is 12.7 Å². The van der Waals surface area contributed by atoms with Gasteiger partial charge in [0.05, 0.1) is 22.2 Å². The summed E-state index contributed by atoms with van der Waals surface area (Å²) in [5, 5.41) is 17.4. The summed E-state index contributed by atoms with van der Waals surface area (Å²) in [5.41, 5.74) is 5.72. The molecule has 27 heavy (non-hydrogen) atoms. The Balaban J connectivity index is 0.000000694. The Hall–Kier alpha value is -0.473. The Morgan fingerprint density at radius 2 is 1.74 bits per heavy atom. The van der Waals surface area contributed by atoms with Crippen molar-refractivity contribution < 1.29 is 24.5 Å². The summed E-state index contributed by atoms with van der Waals surface area (Å²) in [6, 6.07) is 0. The summed E-state index contributed by atoms with van der Waals surface area (Å²) in [5.74, 6) is -0.282. The summed E-state index contributed by atoms with van der Waals surface area (Å²) < 4.78 is 10.1. The number of esters is 1. The van der Waals surface area contributed by atoms with Crippen molar-refractivity contribution in [3.63, 3.8) is 0 Å². The molecule has 0 saturated carbocycles. The molecule has 0 aliphatic carbocycles. The number of aliphatic hydroxyl groups is 2. The smallest absolute Gasteiger partial charge is 0.305 e. The summed E-state index contributed by atoms with van der Waals surface area (Å²) in [7, 11) is 0.965. The molecule has 2 atom stereocenters. The van der Waals surface area contributed by atoms with Crippen LogP contribution in [0.2, 0.25) is 0 Å². The average molecular weight is 406 g/mol. The maximum Gasteiger partial charge on any atom is 0.305 e. The monoisotopic (exact) mass is 405 g/mol. The van der Waals surface area contributed by atoms with E-state index in [0.29, 0.717) is 6.42 Å². The van der Waals surface area contributed by atoms with Crippen LogP contribution in [0.3, 0.4) is 0 Å². The van der Waals surface area contributed by atoms with Gasteiger partial charge in [-0.05, 0) is 25.7 Å². The van der Waals surface area contributed by atoms with Gasteiger partial charge in [0.15, 0.2) is 0 Å². The van der Waals surface area contributed by atoms with E-state index in [-0.39, 0.29) is 24.5 Å². The first-order valence-corrected chi connectivity index (χ1v) is 11.8. The third kappa shape index (κ3) is 18.6. The molecular weight excluding hydrogens is 362 g/mol. The van der Waals surface area contributed by atoms with Crippen molar-refractivity contribution in [2.24, 2.45) is 5.73 Å². The summed E-state index contributed by atoms with van der Waals surface area (Å²) >= 11 is 0. The maximum atomic E-state index is 11.3. The van der Waals surface area contributed by atoms with Gasteiger partial charge < -0.3 is 25.4 Å². The Labute approximate surface area is 168 Å². The highest BCUT2D eigenvalue weighted by molar-refractivity contribution is 6.14. The van der Waals surface area contributed by atoms with Crippen LogP contribution in [0.4, 0.5) is 0 Å². The van der Waals surface area contributed by atoms with Gasteiger partial charge in [0, 0.05) is 13.0 Å². The highest BCUT2D eigenvalue weighted by atomic mass is 28.1. The number of carbonyl (C=O) groups excluding carboxylic acids is 1. The first kappa shape index (κ1) is 26.5. The lowest BCUT2D eigenvalue weighted by Crippen LogP contribution is -2.45. The van der Waals surface area contributed by atoms with Crippen LogP contribution in [0.1, 0.15) is 90.4 Å². The van der Waals surface area contributed by atoms with Gasteiger partial charge in [0.25, 0.3) is 0 Å². The molecule has 2 unspecified atom stereocenters. The summed E-state index contributed by atoms with van der Waals surface area (Å²) in [6.07, 6.45) is 13.9. The van der Waals surface area contributed by atoms with Gasteiger partial charge in [-0.15, -0.1) is 0 Å². The number of aliphatic hydroxyl groups excluding tert-OH is 2. The van der Waals surface area contributed by atoms with Crippen molar-refractivity contribution in [2.75, 3.05) is 19.8 Å². The van der Waals surface area contributed by atoms with Crippen molar-refractivity contribution in [1.29, 1.82) is 0 Å². The van der Waals surface area contributed by atoms with Gasteiger partial charge in [-0.3, -0.25) is 4.79 Å². The Bertz CT molecular complexity index is 347. The molecule has 1 heterocycles. The van der Waals surface area contributed by atoms with E-state index in [1.807, 2.05) is 0 Å². The predicted octanol–water partition coefficient (Wildman–Crippen LogP) is 1.97. The normalized spacial score (nSPS) is 20.6. The molecule has 1 rings (SSSR count). The van der Waals surface area contributed by atoms with Crippen LogP contribution in [-0.2, 0) is 14.3 Å². The molecule has 0 amide bonds. The molecule has 162 valence electrons. The standard InChI is InChI=1S/C15H30O4.C5H13NOSi/c1-2-3-4-5-6-7-8-9-10-11-15(18)19-13-14(17)12-16;6-5(8)3-1-2-4-7-5/h14,16-17H,2-13H2,1H3;1-4,6H2,8H3. The molecule has 0 radical (unpaired) electrons. The highest BCUT2D eigenvalue weighted by Crippen LogP contribution is 2.15. The average Bonchev–Trinajstić information content (AvgIpc) is 2.65. The molecular formula is C20H43NO5Si. The Kier molecular flexibility index (Phi) is 17.3. The minimum atomic E-state index is -0.952. The Morgan fingerprint density at radius 1 is 1.15 bits per heavy atom. The zero-order valence-corrected chi connectivity index (χ0v) is 19.6. The van der Waals surface area contributed by atoms with Crippen LogP contribution < -0.4 is 5.73 Å². The van der Waals surface area contributed by atoms with Gasteiger partial charge in [-0.2, -0.15) is 0 Å². The van der Waals surface area contributed by atoms with E-state index in [2.05, 4.69) is 6.92 Å². The molecule has 1 aliphatic rings. The number of carbonyl (C=O) groups is 1. The van der Waals surface area contributed by atoms with Crippen molar-refractivity contribution in [1.82, 2.24) is 0 Å². The summed E-state index contributed by atoms with van der Waals surface area (Å²) in [6.45, 7) is 2.62. The third-order valence-corrected chi connectivity index (χ3v) is 5.42. The van der Waals surface area contributed by atoms with Crippen LogP contribution in [0.5, 0.6) is 0 Å². The fraction of sp³-hybridized carbons (Fsp3) is 0.950. The number of nitrogens with two attached hydrogens (primary N) is 1. The quantitative estimate of drug-likeness (QED) is 0.246. The van der Waals surface area contributed by atoms with Gasteiger partial charge >= 0.3 is 5.97 Å². The topological polar surface area (TPSA) is 102 Å². The van der Waals surface area contributed by atoms with Crippen molar-refractivity contribution in [3.05, 3.63) is 0 Å². The molecule has 1 fully saturated rings. The van der Waals surface area contributed by atoms with E-state index in [9.17, 15) is 4.79 Å². The fourth-order valence-corrected chi connectivity index (χ4v) is 3.41. The van der Waals surface area contributed by atoms with Crippen molar-refractivity contribution in [2.45, 2.75) is 102 Å². The minimum Gasteiger partial charge on any atom is -0.463 e. The van der Waals surface area contributed by atoms with E-state index >= 15 is 0 Å². The number of unbranched alkanes of at least 4 members (excludes halogenated alkanes) is 8. The molecule has 1 saturated heterocycles. The second-order valence-electron chi connectivity index (χ2n) is 7.72. The SMILES string of the molecule is CCCCCCCCCCCC(=O)OCC(O)CO.NC1([SiH3])CCCCO1. The third-order valence-electron chi connectivity index (χ3n) is 4.63. The maximum absolute atomic E-state index is 11.3. The van der Waals surface area contributed by atoms with Gasteiger partial charge in [-0.1, -0.05) is 58.3 Å². The summed E-state index contributed by atoms with van der Waals surface area (Å²) in [4.78, 5) is 11.3. The first-order chi connectivity index (χ1) is 12.9. The van der Waals surface area contributed by atoms with Crippen molar-refractivity contribution >= 4 is 16.2 Å². The van der Waals surface area contributed by atoms with Crippen LogP contribution in [0.15, 0.2) is 0 Å². The zero-order valence-electron chi connectivity index (χ0n) is 17.6. The van der Waals surface area contributed by atoms with Crippen LogP contribution in [0, 0.1) is 0 Å². The molecule has 6 nitrogen and oxygen atoms in total. The fourth-order valence-electron chi connectivity index (χ4n) is 2.85. The van der Waals surface area contributed by atoms with Crippen LogP contribution in [-0.4, -0.2) is 57.7 Å². The van der Waals surface area contributed by atoms with E-state index in [1.54, 1.807) is 0 Å². The van der Waals surface area contributed by atoms with E-state index in [1.165, 1.54) is 57.8 Å². The second kappa shape index (κ2) is 17.6. The molecule has 0 bridgehead atoms. The largest absolute Gasteiger partial charge is 0.463 e. The second-order valence-corrected chi connectivity index (χ2v) is 9.41. The predicted molar refractivity (Wildman–Crippen MR) is 113 cm³/mol. The van der Waals surface area contributed by atoms with Crippen LogP contribution >= 0.6 is 0 Å². The molecule has 0 aromatic carbocycles. The number of hydrogen-bond donors (Lipinski definition) is 3. The minimum absolute atomic E-state index is 0.104. The lowest BCUT2D eigenvalue weighted by atomic mass is 10.1.